The summed E-state index contributed by atoms with van der Waals surface area (Å²) < 4.78 is 2.73. The van der Waals surface area contributed by atoms with E-state index in [1.54, 1.807) is 0 Å². The van der Waals surface area contributed by atoms with Crippen molar-refractivity contribution in [2.45, 2.75) is 37.3 Å². The molecule has 1 amide bonds. The number of nitrogens with one attached hydrogen (secondary N) is 1. The Balaban J connectivity index is 1.88. The number of amides is 1. The van der Waals surface area contributed by atoms with Crippen LogP contribution in [0, 0.1) is 5.92 Å². The van der Waals surface area contributed by atoms with Gasteiger partial charge in [-0.05, 0) is 47.5 Å². The Labute approximate surface area is 102 Å². The van der Waals surface area contributed by atoms with Gasteiger partial charge in [-0.25, -0.2) is 0 Å². The molecule has 1 aliphatic heterocycles. The van der Waals surface area contributed by atoms with E-state index < -0.39 is 0 Å². The molecule has 0 aromatic carbocycles. The Bertz CT molecular complexity index is 487. The van der Waals surface area contributed by atoms with Gasteiger partial charge < -0.3 is 5.32 Å². The average molecular weight is 282 g/mol. The molecule has 2 fully saturated rings. The van der Waals surface area contributed by atoms with Crippen LogP contribution in [0.3, 0.4) is 0 Å². The molecule has 1 atom stereocenters. The minimum Gasteiger partial charge on any atom is -0.343 e. The van der Waals surface area contributed by atoms with Gasteiger partial charge in [0.15, 0.2) is 0 Å². The highest BCUT2D eigenvalue weighted by Crippen LogP contribution is 2.56. The van der Waals surface area contributed by atoms with E-state index >= 15 is 0 Å². The Kier molecular flexibility index (Phi) is 1.55. The molecule has 0 radical (unpaired) electrons. The quantitative estimate of drug-likeness (QED) is 0.854. The van der Waals surface area contributed by atoms with Crippen molar-refractivity contribution < 1.29 is 4.79 Å². The molecule has 16 heavy (non-hydrogen) atoms. The molecule has 1 aromatic rings. The number of hydrogen-bond donors (Lipinski definition) is 1. The van der Waals surface area contributed by atoms with E-state index in [9.17, 15) is 4.79 Å². The summed E-state index contributed by atoms with van der Waals surface area (Å²) >= 11 is 3.36. The van der Waals surface area contributed by atoms with E-state index in [1.165, 1.54) is 12.8 Å². The third-order valence-electron chi connectivity index (χ3n) is 3.99. The lowest BCUT2D eigenvalue weighted by atomic mass is 9.98. The summed E-state index contributed by atoms with van der Waals surface area (Å²) in [5.74, 6) is 0.751. The van der Waals surface area contributed by atoms with Gasteiger partial charge >= 0.3 is 0 Å². The van der Waals surface area contributed by atoms with Gasteiger partial charge in [-0.15, -0.1) is 0 Å². The number of hydrogen-bond acceptors (Lipinski definition) is 2. The normalized spacial score (nSPS) is 30.1. The average Bonchev–Trinajstić information content (AvgIpc) is 3.11. The zero-order chi connectivity index (χ0) is 10.9. The van der Waals surface area contributed by atoms with Crippen LogP contribution in [-0.2, 0) is 0 Å². The van der Waals surface area contributed by atoms with Crippen LogP contribution >= 0.6 is 15.9 Å². The molecule has 1 N–H and O–H groups in total. The molecular formula is C11H12BrN3O. The lowest BCUT2D eigenvalue weighted by Crippen LogP contribution is -2.50. The van der Waals surface area contributed by atoms with E-state index in [-0.39, 0.29) is 11.4 Å². The number of carbonyl (C=O) groups is 1. The van der Waals surface area contributed by atoms with Gasteiger partial charge in [-0.1, -0.05) is 0 Å². The fraction of sp³-hybridized carbons (Fsp3) is 0.636. The van der Waals surface area contributed by atoms with Crippen LogP contribution < -0.4 is 5.32 Å². The van der Waals surface area contributed by atoms with Crippen molar-refractivity contribution in [2.24, 2.45) is 5.92 Å². The van der Waals surface area contributed by atoms with Crippen molar-refractivity contribution in [2.75, 3.05) is 0 Å². The largest absolute Gasteiger partial charge is 0.343 e. The second-order valence-electron chi connectivity index (χ2n) is 5.19. The Morgan fingerprint density at radius 3 is 2.88 bits per heavy atom. The van der Waals surface area contributed by atoms with Gasteiger partial charge in [0.2, 0.25) is 0 Å². The topological polar surface area (TPSA) is 46.9 Å². The van der Waals surface area contributed by atoms with E-state index in [0.717, 1.165) is 17.4 Å². The minimum atomic E-state index is 0.0348. The van der Waals surface area contributed by atoms with Crippen LogP contribution in [0.5, 0.6) is 0 Å². The molecule has 84 valence electrons. The van der Waals surface area contributed by atoms with Crippen molar-refractivity contribution in [3.8, 4) is 0 Å². The van der Waals surface area contributed by atoms with Crippen molar-refractivity contribution >= 4 is 21.8 Å². The number of fused-ring (bicyclic) bond motifs is 1. The van der Waals surface area contributed by atoms with Crippen molar-refractivity contribution in [1.29, 1.82) is 0 Å². The molecule has 1 aromatic heterocycles. The van der Waals surface area contributed by atoms with Gasteiger partial charge in [0.25, 0.3) is 5.91 Å². The number of rotatable bonds is 1. The molecule has 3 aliphatic rings. The second-order valence-corrected chi connectivity index (χ2v) is 6.00. The van der Waals surface area contributed by atoms with Crippen LogP contribution in [0.2, 0.25) is 0 Å². The fourth-order valence-corrected chi connectivity index (χ4v) is 3.35. The molecule has 4 nitrogen and oxygen atoms in total. The zero-order valence-electron chi connectivity index (χ0n) is 8.74. The van der Waals surface area contributed by atoms with Crippen molar-refractivity contribution in [1.82, 2.24) is 15.1 Å². The molecule has 1 spiro atoms. The summed E-state index contributed by atoms with van der Waals surface area (Å²) in [6.45, 7) is 0. The van der Waals surface area contributed by atoms with Gasteiger partial charge in [0, 0.05) is 6.07 Å². The zero-order valence-corrected chi connectivity index (χ0v) is 10.3. The molecule has 2 aliphatic carbocycles. The molecule has 1 unspecified atom stereocenters. The first kappa shape index (κ1) is 9.22. The van der Waals surface area contributed by atoms with Crippen molar-refractivity contribution in [3.63, 3.8) is 0 Å². The van der Waals surface area contributed by atoms with Gasteiger partial charge in [-0.2, -0.15) is 5.10 Å². The lowest BCUT2D eigenvalue weighted by Gasteiger charge is -2.33. The van der Waals surface area contributed by atoms with Gasteiger partial charge in [-0.3, -0.25) is 9.48 Å². The minimum absolute atomic E-state index is 0.0348. The second kappa shape index (κ2) is 2.70. The van der Waals surface area contributed by atoms with E-state index in [4.69, 9.17) is 0 Å². The SMILES string of the molecule is O=C1NC2(CC2)C(C2CC2)n2nc(Br)cc21. The van der Waals surface area contributed by atoms with Crippen LogP contribution in [0.15, 0.2) is 10.7 Å². The van der Waals surface area contributed by atoms with Crippen LogP contribution in [0.4, 0.5) is 0 Å². The molecule has 2 saturated carbocycles. The van der Waals surface area contributed by atoms with Gasteiger partial charge in [0.1, 0.15) is 10.3 Å². The third-order valence-corrected chi connectivity index (χ3v) is 4.38. The summed E-state index contributed by atoms with van der Waals surface area (Å²) in [7, 11) is 0. The third kappa shape index (κ3) is 1.09. The Morgan fingerprint density at radius 2 is 2.25 bits per heavy atom. The van der Waals surface area contributed by atoms with E-state index in [1.807, 2.05) is 10.7 Å². The van der Waals surface area contributed by atoms with Crippen LogP contribution in [0.25, 0.3) is 0 Å². The Morgan fingerprint density at radius 1 is 1.50 bits per heavy atom. The highest BCUT2D eigenvalue weighted by molar-refractivity contribution is 9.10. The van der Waals surface area contributed by atoms with Gasteiger partial charge in [0.05, 0.1) is 11.6 Å². The summed E-state index contributed by atoms with van der Waals surface area (Å²) in [4.78, 5) is 12.0. The first-order valence-electron chi connectivity index (χ1n) is 5.77. The Hall–Kier alpha value is -0.840. The standard InChI is InChI=1S/C11H12BrN3O/c12-8-5-7-10(16)13-11(3-4-11)9(6-1-2-6)15(7)14-8/h5-6,9H,1-4H2,(H,13,16). The molecule has 2 heterocycles. The first-order valence-corrected chi connectivity index (χ1v) is 6.56. The molecule has 5 heteroatoms. The maximum absolute atomic E-state index is 12.0. The molecule has 4 rings (SSSR count). The summed E-state index contributed by atoms with van der Waals surface area (Å²) in [5, 5.41) is 7.64. The molecule has 0 saturated heterocycles. The summed E-state index contributed by atoms with van der Waals surface area (Å²) in [6, 6.07) is 2.21. The number of aromatic nitrogens is 2. The molecule has 0 bridgehead atoms. The predicted molar refractivity (Wildman–Crippen MR) is 61.1 cm³/mol. The maximum Gasteiger partial charge on any atom is 0.270 e. The van der Waals surface area contributed by atoms with E-state index in [2.05, 4.69) is 26.3 Å². The highest BCUT2D eigenvalue weighted by Gasteiger charge is 2.59. The monoisotopic (exact) mass is 281 g/mol. The fourth-order valence-electron chi connectivity index (χ4n) is 2.96. The number of halogens is 1. The van der Waals surface area contributed by atoms with Crippen LogP contribution in [0.1, 0.15) is 42.2 Å². The van der Waals surface area contributed by atoms with E-state index in [0.29, 0.717) is 17.7 Å². The summed E-state index contributed by atoms with van der Waals surface area (Å²) in [5.41, 5.74) is 0.748. The van der Waals surface area contributed by atoms with Crippen LogP contribution in [-0.4, -0.2) is 21.2 Å². The van der Waals surface area contributed by atoms with Crippen molar-refractivity contribution in [3.05, 3.63) is 16.4 Å². The maximum atomic E-state index is 12.0. The predicted octanol–water partition coefficient (Wildman–Crippen LogP) is 1.87. The number of nitrogens with zero attached hydrogens (tertiary/aromatic N) is 2. The summed E-state index contributed by atoms with van der Waals surface area (Å²) in [6.07, 6.45) is 4.77. The smallest absolute Gasteiger partial charge is 0.270 e. The molecular weight excluding hydrogens is 270 g/mol. The highest BCUT2D eigenvalue weighted by atomic mass is 79.9. The lowest BCUT2D eigenvalue weighted by molar-refractivity contribution is 0.0843. The first-order chi connectivity index (χ1) is 7.70. The number of carbonyl (C=O) groups excluding carboxylic acids is 1.